The molecule has 0 spiro atoms. The number of benzene rings is 1. The SMILES string of the molecule is C=CCn1c(SCC(=O)Nc2sc3c(c2C(N)=O)CCC(C)C3)nnc1C(C)Oc1ccc(C)cc1. The van der Waals surface area contributed by atoms with Crippen LogP contribution in [0.5, 0.6) is 5.75 Å². The number of nitrogens with one attached hydrogen (secondary N) is 1. The smallest absolute Gasteiger partial charge is 0.251 e. The molecule has 1 aromatic carbocycles. The average molecular weight is 526 g/mol. The summed E-state index contributed by atoms with van der Waals surface area (Å²) in [6.07, 6.45) is 4.14. The van der Waals surface area contributed by atoms with Crippen LogP contribution < -0.4 is 15.8 Å². The molecule has 4 rings (SSSR count). The van der Waals surface area contributed by atoms with Gasteiger partial charge in [0.1, 0.15) is 10.8 Å². The van der Waals surface area contributed by atoms with Crippen LogP contribution in [0.2, 0.25) is 0 Å². The Bertz CT molecular complexity index is 1270. The van der Waals surface area contributed by atoms with Gasteiger partial charge in [-0.05, 0) is 56.7 Å². The van der Waals surface area contributed by atoms with Gasteiger partial charge in [-0.15, -0.1) is 28.1 Å². The highest BCUT2D eigenvalue weighted by molar-refractivity contribution is 7.99. The number of nitrogens with two attached hydrogens (primary N) is 1. The number of aryl methyl sites for hydroxylation is 1. The van der Waals surface area contributed by atoms with Gasteiger partial charge in [-0.1, -0.05) is 42.5 Å². The second-order valence-electron chi connectivity index (χ2n) is 9.07. The van der Waals surface area contributed by atoms with E-state index in [1.807, 2.05) is 42.7 Å². The number of thiophene rings is 1. The number of ether oxygens (including phenoxy) is 1. The second-order valence-corrected chi connectivity index (χ2v) is 11.1. The van der Waals surface area contributed by atoms with Crippen molar-refractivity contribution < 1.29 is 14.3 Å². The monoisotopic (exact) mass is 525 g/mol. The molecule has 2 amide bonds. The lowest BCUT2D eigenvalue weighted by atomic mass is 9.88. The number of allylic oxidation sites excluding steroid dienone is 1. The minimum Gasteiger partial charge on any atom is -0.483 e. The fourth-order valence-electron chi connectivity index (χ4n) is 4.27. The predicted octanol–water partition coefficient (Wildman–Crippen LogP) is 4.93. The van der Waals surface area contributed by atoms with Gasteiger partial charge in [0.05, 0.1) is 11.3 Å². The zero-order valence-electron chi connectivity index (χ0n) is 20.7. The molecular weight excluding hydrogens is 494 g/mol. The number of primary amides is 1. The average Bonchev–Trinajstić information content (AvgIpc) is 3.39. The third kappa shape index (κ3) is 5.82. The van der Waals surface area contributed by atoms with Gasteiger partial charge in [-0.2, -0.15) is 0 Å². The van der Waals surface area contributed by atoms with Crippen molar-refractivity contribution >= 4 is 39.9 Å². The first-order valence-electron chi connectivity index (χ1n) is 11.9. The van der Waals surface area contributed by atoms with E-state index in [4.69, 9.17) is 10.5 Å². The van der Waals surface area contributed by atoms with Crippen molar-refractivity contribution in [3.8, 4) is 5.75 Å². The molecule has 3 N–H and O–H groups in total. The lowest BCUT2D eigenvalue weighted by Crippen LogP contribution is -2.20. The van der Waals surface area contributed by atoms with E-state index in [0.717, 1.165) is 41.0 Å². The van der Waals surface area contributed by atoms with Gasteiger partial charge in [0.2, 0.25) is 5.91 Å². The largest absolute Gasteiger partial charge is 0.483 e. The highest BCUT2D eigenvalue weighted by Crippen LogP contribution is 2.39. The number of amides is 2. The topological polar surface area (TPSA) is 112 Å². The molecule has 0 saturated carbocycles. The Labute approximate surface area is 219 Å². The van der Waals surface area contributed by atoms with Crippen molar-refractivity contribution in [2.24, 2.45) is 11.7 Å². The van der Waals surface area contributed by atoms with Gasteiger partial charge in [0, 0.05) is 11.4 Å². The van der Waals surface area contributed by atoms with Crippen molar-refractivity contribution in [3.63, 3.8) is 0 Å². The zero-order valence-corrected chi connectivity index (χ0v) is 22.4. The van der Waals surface area contributed by atoms with Crippen LogP contribution >= 0.6 is 23.1 Å². The molecule has 0 fully saturated rings. The van der Waals surface area contributed by atoms with Gasteiger partial charge in [-0.3, -0.25) is 14.2 Å². The molecule has 1 aliphatic carbocycles. The Hall–Kier alpha value is -3.11. The summed E-state index contributed by atoms with van der Waals surface area (Å²) in [6.45, 7) is 10.5. The Balaban J connectivity index is 1.44. The first kappa shape index (κ1) is 26.0. The molecule has 2 atom stereocenters. The standard InChI is InChI=1S/C26H31N5O3S2/c1-5-12-31-24(17(4)34-18-9-6-15(2)7-10-18)29-30-26(31)35-14-21(32)28-25-22(23(27)33)19-11-8-16(3)13-20(19)36-25/h5-7,9-10,16-17H,1,8,11-14H2,2-4H3,(H2,27,33)(H,28,32). The van der Waals surface area contributed by atoms with E-state index in [-0.39, 0.29) is 17.8 Å². The van der Waals surface area contributed by atoms with Gasteiger partial charge in [-0.25, -0.2) is 0 Å². The normalized spacial score (nSPS) is 15.7. The van der Waals surface area contributed by atoms with E-state index in [9.17, 15) is 9.59 Å². The van der Waals surface area contributed by atoms with Gasteiger partial charge in [0.25, 0.3) is 5.91 Å². The number of hydrogen-bond acceptors (Lipinski definition) is 7. The number of hydrogen-bond donors (Lipinski definition) is 2. The maximum absolute atomic E-state index is 12.8. The summed E-state index contributed by atoms with van der Waals surface area (Å²) in [5.41, 5.74) is 8.28. The summed E-state index contributed by atoms with van der Waals surface area (Å²) < 4.78 is 7.95. The third-order valence-electron chi connectivity index (χ3n) is 6.10. The molecule has 0 aliphatic heterocycles. The van der Waals surface area contributed by atoms with Crippen LogP contribution in [0, 0.1) is 12.8 Å². The Kier molecular flexibility index (Phi) is 8.15. The molecule has 190 valence electrons. The number of aromatic nitrogens is 3. The fourth-order valence-corrected chi connectivity index (χ4v) is 6.46. The van der Waals surface area contributed by atoms with Crippen LogP contribution in [0.15, 0.2) is 42.1 Å². The van der Waals surface area contributed by atoms with Crippen LogP contribution in [-0.2, 0) is 24.2 Å². The van der Waals surface area contributed by atoms with Crippen molar-refractivity contribution in [3.05, 3.63) is 64.3 Å². The van der Waals surface area contributed by atoms with Crippen LogP contribution in [0.4, 0.5) is 5.00 Å². The Morgan fingerprint density at radius 2 is 2.11 bits per heavy atom. The summed E-state index contributed by atoms with van der Waals surface area (Å²) in [6, 6.07) is 7.82. The molecule has 2 aromatic heterocycles. The third-order valence-corrected chi connectivity index (χ3v) is 8.23. The van der Waals surface area contributed by atoms with E-state index < -0.39 is 5.91 Å². The zero-order chi connectivity index (χ0) is 25.8. The molecule has 8 nitrogen and oxygen atoms in total. The number of carbonyl (C=O) groups is 2. The van der Waals surface area contributed by atoms with Crippen molar-refractivity contribution in [2.45, 2.75) is 57.8 Å². The van der Waals surface area contributed by atoms with Crippen LogP contribution in [0.3, 0.4) is 0 Å². The lowest BCUT2D eigenvalue weighted by molar-refractivity contribution is -0.113. The van der Waals surface area contributed by atoms with E-state index in [2.05, 4.69) is 29.0 Å². The van der Waals surface area contributed by atoms with Crippen molar-refractivity contribution in [1.82, 2.24) is 14.8 Å². The van der Waals surface area contributed by atoms with Crippen molar-refractivity contribution in [1.29, 1.82) is 0 Å². The molecule has 1 aliphatic rings. The molecule has 10 heteroatoms. The highest BCUT2D eigenvalue weighted by Gasteiger charge is 2.27. The number of carbonyl (C=O) groups excluding carboxylic acids is 2. The summed E-state index contributed by atoms with van der Waals surface area (Å²) >= 11 is 2.73. The van der Waals surface area contributed by atoms with Crippen LogP contribution in [0.25, 0.3) is 0 Å². The van der Waals surface area contributed by atoms with E-state index in [1.165, 1.54) is 23.1 Å². The minimum atomic E-state index is -0.497. The first-order chi connectivity index (χ1) is 17.3. The molecule has 0 bridgehead atoms. The molecule has 2 heterocycles. The van der Waals surface area contributed by atoms with Gasteiger partial charge in [0.15, 0.2) is 17.1 Å². The van der Waals surface area contributed by atoms with Gasteiger partial charge >= 0.3 is 0 Å². The number of rotatable bonds is 10. The summed E-state index contributed by atoms with van der Waals surface area (Å²) in [5.74, 6) is 1.33. The maximum Gasteiger partial charge on any atom is 0.251 e. The molecule has 0 saturated heterocycles. The van der Waals surface area contributed by atoms with Crippen LogP contribution in [-0.4, -0.2) is 32.3 Å². The van der Waals surface area contributed by atoms with E-state index >= 15 is 0 Å². The predicted molar refractivity (Wildman–Crippen MR) is 144 cm³/mol. The maximum atomic E-state index is 12.8. The first-order valence-corrected chi connectivity index (χ1v) is 13.7. The second kappa shape index (κ2) is 11.3. The summed E-state index contributed by atoms with van der Waals surface area (Å²) in [7, 11) is 0. The number of fused-ring (bicyclic) bond motifs is 1. The van der Waals surface area contributed by atoms with Crippen LogP contribution in [0.1, 0.15) is 58.6 Å². The molecular formula is C26H31N5O3S2. The quantitative estimate of drug-likeness (QED) is 0.287. The Morgan fingerprint density at radius 1 is 1.36 bits per heavy atom. The fraction of sp³-hybridized carbons (Fsp3) is 0.385. The Morgan fingerprint density at radius 3 is 2.81 bits per heavy atom. The highest BCUT2D eigenvalue weighted by atomic mass is 32.2. The van der Waals surface area contributed by atoms with E-state index in [1.54, 1.807) is 6.08 Å². The molecule has 36 heavy (non-hydrogen) atoms. The number of nitrogens with zero attached hydrogens (tertiary/aromatic N) is 3. The van der Waals surface area contributed by atoms with E-state index in [0.29, 0.717) is 34.0 Å². The van der Waals surface area contributed by atoms with Gasteiger partial charge < -0.3 is 15.8 Å². The molecule has 0 radical (unpaired) electrons. The molecule has 2 unspecified atom stereocenters. The lowest BCUT2D eigenvalue weighted by Gasteiger charge is -2.18. The van der Waals surface area contributed by atoms with Crippen molar-refractivity contribution in [2.75, 3.05) is 11.1 Å². The number of anilines is 1. The summed E-state index contributed by atoms with van der Waals surface area (Å²) in [4.78, 5) is 26.1. The molecule has 3 aromatic rings. The minimum absolute atomic E-state index is 0.111. The number of thioether (sulfide) groups is 1. The summed E-state index contributed by atoms with van der Waals surface area (Å²) in [5, 5.41) is 12.7.